The van der Waals surface area contributed by atoms with Gasteiger partial charge in [0.1, 0.15) is 18.4 Å². The van der Waals surface area contributed by atoms with Gasteiger partial charge >= 0.3 is 18.2 Å². The SMILES string of the molecule is CC(C)(C)C[C@H](NC(=O)C(=O)Nc1ccc(OC(F)(F)F)cc1)C(=O)N[C@@H](CC1CCCNC1=O)C(=O)CO. The molecule has 216 valence electrons. The number of rotatable bonds is 10. The van der Waals surface area contributed by atoms with Crippen molar-refractivity contribution < 1.29 is 47.0 Å². The van der Waals surface area contributed by atoms with Crippen molar-refractivity contribution in [1.82, 2.24) is 16.0 Å². The maximum atomic E-state index is 13.1. The summed E-state index contributed by atoms with van der Waals surface area (Å²) < 4.78 is 40.7. The van der Waals surface area contributed by atoms with Crippen LogP contribution in [0.3, 0.4) is 0 Å². The van der Waals surface area contributed by atoms with Gasteiger partial charge in [-0.05, 0) is 55.4 Å². The van der Waals surface area contributed by atoms with E-state index in [1.165, 1.54) is 0 Å². The highest BCUT2D eigenvalue weighted by molar-refractivity contribution is 6.40. The Morgan fingerprint density at radius 3 is 2.23 bits per heavy atom. The van der Waals surface area contributed by atoms with E-state index in [9.17, 15) is 42.3 Å². The molecule has 4 amide bonds. The molecule has 1 heterocycles. The van der Waals surface area contributed by atoms with Crippen molar-refractivity contribution in [3.63, 3.8) is 0 Å². The molecule has 1 aromatic rings. The highest BCUT2D eigenvalue weighted by atomic mass is 19.4. The fourth-order valence-electron chi connectivity index (χ4n) is 3.97. The van der Waals surface area contributed by atoms with Gasteiger partial charge in [0.15, 0.2) is 5.78 Å². The molecule has 2 rings (SSSR count). The average Bonchev–Trinajstić information content (AvgIpc) is 2.83. The van der Waals surface area contributed by atoms with E-state index < -0.39 is 65.6 Å². The van der Waals surface area contributed by atoms with Gasteiger partial charge in [-0.1, -0.05) is 20.8 Å². The maximum Gasteiger partial charge on any atom is 0.573 e. The minimum Gasteiger partial charge on any atom is -0.406 e. The standard InChI is InChI=1S/C25H33F3N4O7/c1-24(2,3)12-18(21(36)31-17(19(34)13-33)11-14-5-4-10-29-20(14)35)32-23(38)22(37)30-15-6-8-16(9-7-15)39-25(26,27)28/h6-9,14,17-18,33H,4-5,10-13H2,1-3H3,(H,29,35)(H,30,37)(H,31,36)(H,32,38)/t14?,17-,18-/m0/s1. The summed E-state index contributed by atoms with van der Waals surface area (Å²) in [5.74, 6) is -5.22. The molecule has 11 nitrogen and oxygen atoms in total. The molecule has 0 saturated carbocycles. The first kappa shape index (κ1) is 31.5. The summed E-state index contributed by atoms with van der Waals surface area (Å²) in [5, 5.41) is 19.1. The number of piperidine rings is 1. The van der Waals surface area contributed by atoms with Crippen molar-refractivity contribution in [3.05, 3.63) is 24.3 Å². The van der Waals surface area contributed by atoms with Crippen LogP contribution in [0, 0.1) is 11.3 Å². The van der Waals surface area contributed by atoms with Crippen molar-refractivity contribution in [1.29, 1.82) is 0 Å². The fraction of sp³-hybridized carbons (Fsp3) is 0.560. The molecule has 0 bridgehead atoms. The van der Waals surface area contributed by atoms with E-state index in [4.69, 9.17) is 0 Å². The van der Waals surface area contributed by atoms with Crippen LogP contribution in [0.2, 0.25) is 0 Å². The van der Waals surface area contributed by atoms with Crippen molar-refractivity contribution in [2.45, 2.75) is 64.9 Å². The molecule has 3 atom stereocenters. The first-order chi connectivity index (χ1) is 18.1. The van der Waals surface area contributed by atoms with E-state index in [-0.39, 0.29) is 24.4 Å². The lowest BCUT2D eigenvalue weighted by Crippen LogP contribution is -2.55. The number of aliphatic hydroxyl groups is 1. The van der Waals surface area contributed by atoms with Crippen LogP contribution in [0.1, 0.15) is 46.5 Å². The number of benzene rings is 1. The molecule has 1 aliphatic heterocycles. The molecule has 1 aromatic carbocycles. The summed E-state index contributed by atoms with van der Waals surface area (Å²) in [5.41, 5.74) is -0.513. The number of carbonyl (C=O) groups excluding carboxylic acids is 5. The molecule has 1 aliphatic rings. The van der Waals surface area contributed by atoms with Crippen molar-refractivity contribution in [2.24, 2.45) is 11.3 Å². The van der Waals surface area contributed by atoms with Crippen LogP contribution in [0.25, 0.3) is 0 Å². The zero-order valence-corrected chi connectivity index (χ0v) is 21.8. The van der Waals surface area contributed by atoms with E-state index >= 15 is 0 Å². The van der Waals surface area contributed by atoms with Crippen LogP contribution in [-0.4, -0.2) is 66.1 Å². The van der Waals surface area contributed by atoms with Gasteiger partial charge < -0.3 is 31.1 Å². The zero-order valence-electron chi connectivity index (χ0n) is 21.8. The zero-order chi connectivity index (χ0) is 29.4. The van der Waals surface area contributed by atoms with Crippen molar-refractivity contribution in [2.75, 3.05) is 18.5 Å². The Morgan fingerprint density at radius 2 is 1.69 bits per heavy atom. The molecule has 0 radical (unpaired) electrons. The smallest absolute Gasteiger partial charge is 0.406 e. The highest BCUT2D eigenvalue weighted by Gasteiger charge is 2.34. The average molecular weight is 559 g/mol. The predicted octanol–water partition coefficient (Wildman–Crippen LogP) is 1.41. The van der Waals surface area contributed by atoms with Gasteiger partial charge in [-0.25, -0.2) is 0 Å². The van der Waals surface area contributed by atoms with E-state index in [0.29, 0.717) is 19.4 Å². The molecule has 5 N–H and O–H groups in total. The Labute approximate surface area is 223 Å². The van der Waals surface area contributed by atoms with Gasteiger partial charge in [0.05, 0.1) is 6.04 Å². The lowest BCUT2D eigenvalue weighted by Gasteiger charge is -2.29. The molecule has 1 unspecified atom stereocenters. The summed E-state index contributed by atoms with van der Waals surface area (Å²) in [6, 6.07) is 1.63. The Hall–Kier alpha value is -3.68. The minimum absolute atomic E-state index is 0.000799. The Kier molecular flexibility index (Phi) is 10.8. The van der Waals surface area contributed by atoms with Gasteiger partial charge in [-0.3, -0.25) is 24.0 Å². The number of nitrogens with one attached hydrogen (secondary N) is 4. The third-order valence-electron chi connectivity index (χ3n) is 5.77. The number of anilines is 1. The summed E-state index contributed by atoms with van der Waals surface area (Å²) >= 11 is 0. The third-order valence-corrected chi connectivity index (χ3v) is 5.77. The van der Waals surface area contributed by atoms with Crippen LogP contribution in [0.15, 0.2) is 24.3 Å². The number of halogens is 3. The normalized spacial score (nSPS) is 17.3. The topological polar surface area (TPSA) is 163 Å². The van der Waals surface area contributed by atoms with E-state index in [1.54, 1.807) is 20.8 Å². The second kappa shape index (κ2) is 13.4. The van der Waals surface area contributed by atoms with E-state index in [1.807, 2.05) is 0 Å². The summed E-state index contributed by atoms with van der Waals surface area (Å²) in [7, 11) is 0. The molecule has 14 heteroatoms. The van der Waals surface area contributed by atoms with Gasteiger partial charge in [0.25, 0.3) is 0 Å². The molecule has 0 spiro atoms. The molecule has 1 fully saturated rings. The second-order valence-corrected chi connectivity index (χ2v) is 10.4. The van der Waals surface area contributed by atoms with Crippen LogP contribution < -0.4 is 26.0 Å². The quantitative estimate of drug-likeness (QED) is 0.271. The van der Waals surface area contributed by atoms with Crippen LogP contribution in [0.4, 0.5) is 18.9 Å². The van der Waals surface area contributed by atoms with E-state index in [2.05, 4.69) is 26.0 Å². The van der Waals surface area contributed by atoms with Gasteiger partial charge in [0, 0.05) is 18.2 Å². The molecule has 0 aliphatic carbocycles. The summed E-state index contributed by atoms with van der Waals surface area (Å²) in [6.45, 7) is 4.99. The number of hydrogen-bond donors (Lipinski definition) is 5. The van der Waals surface area contributed by atoms with E-state index in [0.717, 1.165) is 24.3 Å². The second-order valence-electron chi connectivity index (χ2n) is 10.4. The summed E-state index contributed by atoms with van der Waals surface area (Å²) in [6.07, 6.45) is -3.67. The molecule has 1 saturated heterocycles. The minimum atomic E-state index is -4.89. The third kappa shape index (κ3) is 10.9. The Morgan fingerprint density at radius 1 is 1.05 bits per heavy atom. The number of hydrogen-bond acceptors (Lipinski definition) is 7. The van der Waals surface area contributed by atoms with Crippen molar-refractivity contribution in [3.8, 4) is 5.75 Å². The lowest BCUT2D eigenvalue weighted by atomic mass is 9.87. The predicted molar refractivity (Wildman–Crippen MR) is 132 cm³/mol. The molecular formula is C25H33F3N4O7. The van der Waals surface area contributed by atoms with Gasteiger partial charge in [0.2, 0.25) is 11.8 Å². The Bertz CT molecular complexity index is 1060. The maximum absolute atomic E-state index is 13.1. The first-order valence-corrected chi connectivity index (χ1v) is 12.3. The summed E-state index contributed by atoms with van der Waals surface area (Å²) in [4.78, 5) is 62.7. The number of ketones is 1. The molecule has 0 aromatic heterocycles. The van der Waals surface area contributed by atoms with Crippen LogP contribution in [-0.2, 0) is 24.0 Å². The number of aliphatic hydroxyl groups excluding tert-OH is 1. The number of alkyl halides is 3. The Balaban J connectivity index is 2.09. The van der Waals surface area contributed by atoms with Crippen LogP contribution >= 0.6 is 0 Å². The number of carbonyl (C=O) groups is 5. The number of Topliss-reactive ketones (excluding diaryl/α,β-unsaturated/α-hetero) is 1. The highest BCUT2D eigenvalue weighted by Crippen LogP contribution is 2.24. The first-order valence-electron chi connectivity index (χ1n) is 12.3. The van der Waals surface area contributed by atoms with Gasteiger partial charge in [-0.2, -0.15) is 0 Å². The number of amides is 4. The van der Waals surface area contributed by atoms with Gasteiger partial charge in [-0.15, -0.1) is 13.2 Å². The monoisotopic (exact) mass is 558 g/mol. The van der Waals surface area contributed by atoms with Crippen molar-refractivity contribution >= 4 is 35.1 Å². The lowest BCUT2D eigenvalue weighted by molar-refractivity contribution is -0.274. The fourth-order valence-corrected chi connectivity index (χ4v) is 3.97. The molecular weight excluding hydrogens is 525 g/mol. The molecule has 39 heavy (non-hydrogen) atoms. The largest absolute Gasteiger partial charge is 0.573 e. The number of ether oxygens (including phenoxy) is 1. The van der Waals surface area contributed by atoms with Crippen LogP contribution in [0.5, 0.6) is 5.75 Å².